The van der Waals surface area contributed by atoms with Crippen LogP contribution >= 0.6 is 0 Å². The van der Waals surface area contributed by atoms with Crippen molar-refractivity contribution in [2.75, 3.05) is 0 Å². The van der Waals surface area contributed by atoms with E-state index in [2.05, 4.69) is 0 Å². The molecule has 1 aromatic rings. The van der Waals surface area contributed by atoms with Crippen molar-refractivity contribution in [1.82, 2.24) is 0 Å². The van der Waals surface area contributed by atoms with Crippen LogP contribution in [-0.2, 0) is 20.7 Å². The van der Waals surface area contributed by atoms with Gasteiger partial charge in [0.05, 0.1) is 18.9 Å². The number of hydrogen-bond donors (Lipinski definition) is 0. The summed E-state index contributed by atoms with van der Waals surface area (Å²) in [5, 5.41) is 0. The summed E-state index contributed by atoms with van der Waals surface area (Å²) in [4.78, 5) is 22.9. The molecule has 0 atom stereocenters. The van der Waals surface area contributed by atoms with Crippen LogP contribution in [0, 0.1) is 0 Å². The summed E-state index contributed by atoms with van der Waals surface area (Å²) in [7, 11) is 0. The summed E-state index contributed by atoms with van der Waals surface area (Å²) in [5.41, 5.74) is 0.337. The molecule has 0 bridgehead atoms. The van der Waals surface area contributed by atoms with Gasteiger partial charge < -0.3 is 9.15 Å². The van der Waals surface area contributed by atoms with Gasteiger partial charge in [-0.3, -0.25) is 9.59 Å². The minimum Gasteiger partial charge on any atom is -0.472 e. The highest BCUT2D eigenvalue weighted by Gasteiger charge is 2.17. The number of rotatable bonds is 5. The fourth-order valence-corrected chi connectivity index (χ4v) is 1.34. The number of carbonyl (C=O) groups excluding carboxylic acids is 2. The Morgan fingerprint density at radius 3 is 2.53 bits per heavy atom. The zero-order valence-electron chi connectivity index (χ0n) is 10.5. The van der Waals surface area contributed by atoms with E-state index in [0.717, 1.165) is 5.56 Å². The molecule has 4 nitrogen and oxygen atoms in total. The van der Waals surface area contributed by atoms with Crippen LogP contribution < -0.4 is 0 Å². The van der Waals surface area contributed by atoms with Crippen molar-refractivity contribution in [1.29, 1.82) is 0 Å². The number of furan rings is 1. The monoisotopic (exact) mass is 238 g/mol. The predicted molar refractivity (Wildman–Crippen MR) is 62.5 cm³/mol. The van der Waals surface area contributed by atoms with Crippen LogP contribution in [-0.4, -0.2) is 17.4 Å². The summed E-state index contributed by atoms with van der Waals surface area (Å²) in [6.45, 7) is 5.41. The molecule has 0 unspecified atom stereocenters. The summed E-state index contributed by atoms with van der Waals surface area (Å²) in [6, 6.07) is 1.74. The molecular weight excluding hydrogens is 220 g/mol. The first kappa shape index (κ1) is 13.5. The Labute approximate surface area is 101 Å². The van der Waals surface area contributed by atoms with Gasteiger partial charge in [-0.15, -0.1) is 0 Å². The van der Waals surface area contributed by atoms with Gasteiger partial charge in [0.15, 0.2) is 0 Å². The Bertz CT molecular complexity index is 371. The molecule has 4 heteroatoms. The van der Waals surface area contributed by atoms with E-state index in [9.17, 15) is 9.59 Å². The number of Topliss-reactive ketones (excluding diaryl/α,β-unsaturated/α-hetero) is 1. The maximum atomic E-state index is 11.5. The second kappa shape index (κ2) is 5.66. The molecule has 0 aliphatic rings. The first-order chi connectivity index (χ1) is 7.87. The first-order valence-corrected chi connectivity index (χ1v) is 5.61. The lowest BCUT2D eigenvalue weighted by Gasteiger charge is -2.19. The molecule has 0 saturated carbocycles. The molecule has 94 valence electrons. The third-order valence-electron chi connectivity index (χ3n) is 2.01. The predicted octanol–water partition coefficient (Wildman–Crippen LogP) is 2.51. The molecule has 0 amide bonds. The number of ether oxygens (including phenoxy) is 1. The van der Waals surface area contributed by atoms with Crippen molar-refractivity contribution >= 4 is 11.8 Å². The minimum absolute atomic E-state index is 0.0114. The molecule has 0 radical (unpaired) electrons. The van der Waals surface area contributed by atoms with E-state index in [1.807, 2.05) is 0 Å². The van der Waals surface area contributed by atoms with E-state index in [1.165, 1.54) is 12.5 Å². The van der Waals surface area contributed by atoms with E-state index >= 15 is 0 Å². The Hall–Kier alpha value is -1.58. The smallest absolute Gasteiger partial charge is 0.306 e. The summed E-state index contributed by atoms with van der Waals surface area (Å²) < 4.78 is 9.98. The third-order valence-corrected chi connectivity index (χ3v) is 2.01. The van der Waals surface area contributed by atoms with Gasteiger partial charge in [0.2, 0.25) is 0 Å². The standard InChI is InChI=1S/C13H18O4/c1-13(2,3)17-12(15)5-4-11(14)8-10-6-7-16-9-10/h6-7,9H,4-5,8H2,1-3H3. The van der Waals surface area contributed by atoms with Crippen LogP contribution in [0.5, 0.6) is 0 Å². The molecule has 0 fully saturated rings. The fraction of sp³-hybridized carbons (Fsp3) is 0.538. The fourth-order valence-electron chi connectivity index (χ4n) is 1.34. The quantitative estimate of drug-likeness (QED) is 0.739. The highest BCUT2D eigenvalue weighted by molar-refractivity contribution is 5.84. The average molecular weight is 238 g/mol. The summed E-state index contributed by atoms with van der Waals surface area (Å²) >= 11 is 0. The lowest BCUT2D eigenvalue weighted by Crippen LogP contribution is -2.24. The lowest BCUT2D eigenvalue weighted by atomic mass is 10.1. The molecular formula is C13H18O4. The maximum absolute atomic E-state index is 11.5. The molecule has 0 spiro atoms. The van der Waals surface area contributed by atoms with Gasteiger partial charge in [0.25, 0.3) is 0 Å². The largest absolute Gasteiger partial charge is 0.472 e. The Balaban J connectivity index is 2.26. The van der Waals surface area contributed by atoms with Crippen molar-refractivity contribution in [2.45, 2.75) is 45.6 Å². The molecule has 1 rings (SSSR count). The third kappa shape index (κ3) is 5.90. The van der Waals surface area contributed by atoms with Crippen LogP contribution in [0.25, 0.3) is 0 Å². The molecule has 1 heterocycles. The van der Waals surface area contributed by atoms with Crippen LogP contribution in [0.1, 0.15) is 39.2 Å². The van der Waals surface area contributed by atoms with Crippen molar-refractivity contribution in [2.24, 2.45) is 0 Å². The number of esters is 1. The van der Waals surface area contributed by atoms with Crippen molar-refractivity contribution in [3.8, 4) is 0 Å². The first-order valence-electron chi connectivity index (χ1n) is 5.61. The number of ketones is 1. The number of carbonyl (C=O) groups is 2. The van der Waals surface area contributed by atoms with Gasteiger partial charge in [-0.25, -0.2) is 0 Å². The van der Waals surface area contributed by atoms with Crippen molar-refractivity contribution in [3.63, 3.8) is 0 Å². The molecule has 1 aromatic heterocycles. The molecule has 0 aliphatic heterocycles. The van der Waals surface area contributed by atoms with E-state index in [1.54, 1.807) is 26.8 Å². The van der Waals surface area contributed by atoms with Gasteiger partial charge >= 0.3 is 5.97 Å². The normalized spacial score (nSPS) is 11.2. The van der Waals surface area contributed by atoms with E-state index < -0.39 is 5.60 Å². The number of hydrogen-bond acceptors (Lipinski definition) is 4. The minimum atomic E-state index is -0.495. The highest BCUT2D eigenvalue weighted by atomic mass is 16.6. The van der Waals surface area contributed by atoms with Crippen LogP contribution in [0.2, 0.25) is 0 Å². The van der Waals surface area contributed by atoms with Crippen LogP contribution in [0.3, 0.4) is 0 Å². The molecule has 0 N–H and O–H groups in total. The maximum Gasteiger partial charge on any atom is 0.306 e. The van der Waals surface area contributed by atoms with Gasteiger partial charge in [0.1, 0.15) is 11.4 Å². The van der Waals surface area contributed by atoms with Crippen molar-refractivity contribution < 1.29 is 18.7 Å². The van der Waals surface area contributed by atoms with Crippen molar-refractivity contribution in [3.05, 3.63) is 24.2 Å². The van der Waals surface area contributed by atoms with Gasteiger partial charge in [-0.05, 0) is 32.4 Å². The Morgan fingerprint density at radius 1 is 1.29 bits per heavy atom. The topological polar surface area (TPSA) is 56.5 Å². The zero-order valence-corrected chi connectivity index (χ0v) is 10.5. The molecule has 0 aromatic carbocycles. The molecule has 0 aliphatic carbocycles. The van der Waals surface area contributed by atoms with Gasteiger partial charge in [0, 0.05) is 12.8 Å². The van der Waals surface area contributed by atoms with E-state index in [0.29, 0.717) is 6.42 Å². The van der Waals surface area contributed by atoms with Crippen LogP contribution in [0.15, 0.2) is 23.0 Å². The second-order valence-corrected chi connectivity index (χ2v) is 4.93. The highest BCUT2D eigenvalue weighted by Crippen LogP contribution is 2.10. The van der Waals surface area contributed by atoms with Crippen LogP contribution in [0.4, 0.5) is 0 Å². The average Bonchev–Trinajstić information content (AvgIpc) is 2.64. The SMILES string of the molecule is CC(C)(C)OC(=O)CCC(=O)Cc1ccoc1. The second-order valence-electron chi connectivity index (χ2n) is 4.93. The molecule has 0 saturated heterocycles. The van der Waals surface area contributed by atoms with Gasteiger partial charge in [-0.1, -0.05) is 0 Å². The molecule has 17 heavy (non-hydrogen) atoms. The Kier molecular flexibility index (Phi) is 4.49. The summed E-state index contributed by atoms with van der Waals surface area (Å²) in [6.07, 6.45) is 3.70. The van der Waals surface area contributed by atoms with Gasteiger partial charge in [-0.2, -0.15) is 0 Å². The zero-order chi connectivity index (χ0) is 12.9. The van der Waals surface area contributed by atoms with E-state index in [4.69, 9.17) is 9.15 Å². The lowest BCUT2D eigenvalue weighted by molar-refractivity contribution is -0.155. The summed E-state index contributed by atoms with van der Waals surface area (Å²) in [5.74, 6) is -0.324. The Morgan fingerprint density at radius 2 is 2.00 bits per heavy atom. The van der Waals surface area contributed by atoms with E-state index in [-0.39, 0.29) is 24.6 Å².